The molecule has 5 heteroatoms. The first-order chi connectivity index (χ1) is 10.1. The summed E-state index contributed by atoms with van der Waals surface area (Å²) in [6.07, 6.45) is 7.11. The largest absolute Gasteiger partial charge is 0.342 e. The van der Waals surface area contributed by atoms with Gasteiger partial charge in [-0.3, -0.25) is 4.79 Å². The monoisotopic (exact) mass is 355 g/mol. The third-order valence-electron chi connectivity index (χ3n) is 4.33. The van der Waals surface area contributed by atoms with Gasteiger partial charge in [-0.2, -0.15) is 0 Å². The van der Waals surface area contributed by atoms with Crippen LogP contribution in [0.2, 0.25) is 0 Å². The fourth-order valence-electron chi connectivity index (χ4n) is 3.21. The van der Waals surface area contributed by atoms with Crippen LogP contribution in [-0.4, -0.2) is 34.0 Å². The van der Waals surface area contributed by atoms with Crippen molar-refractivity contribution >= 4 is 21.8 Å². The molecule has 0 atom stereocenters. The first-order valence-electron chi connectivity index (χ1n) is 7.99. The minimum absolute atomic E-state index is 0.150. The maximum absolute atomic E-state index is 12.9. The average Bonchev–Trinajstić information content (AvgIpc) is 2.83. The second kappa shape index (κ2) is 7.45. The molecule has 0 spiro atoms. The van der Waals surface area contributed by atoms with Gasteiger partial charge in [-0.15, -0.1) is 0 Å². The van der Waals surface area contributed by atoms with Crippen LogP contribution in [0.15, 0.2) is 16.7 Å². The maximum atomic E-state index is 12.9. The SMILES string of the molecule is CCCn1cc(Br)cc1C(=O)N(CC)C1CCC(N)CC1. The molecule has 1 saturated carbocycles. The predicted molar refractivity (Wildman–Crippen MR) is 89.4 cm³/mol. The zero-order valence-corrected chi connectivity index (χ0v) is 14.6. The molecule has 21 heavy (non-hydrogen) atoms. The molecule has 4 nitrogen and oxygen atoms in total. The molecular formula is C16H26BrN3O. The Balaban J connectivity index is 2.16. The van der Waals surface area contributed by atoms with Crippen molar-refractivity contribution in [3.8, 4) is 0 Å². The van der Waals surface area contributed by atoms with E-state index in [1.807, 2.05) is 17.2 Å². The van der Waals surface area contributed by atoms with Crippen LogP contribution in [0.4, 0.5) is 0 Å². The second-order valence-corrected chi connectivity index (χ2v) is 6.81. The van der Waals surface area contributed by atoms with E-state index in [1.165, 1.54) is 0 Å². The van der Waals surface area contributed by atoms with E-state index >= 15 is 0 Å². The van der Waals surface area contributed by atoms with Gasteiger partial charge in [0.05, 0.1) is 0 Å². The number of amides is 1. The zero-order chi connectivity index (χ0) is 15.4. The van der Waals surface area contributed by atoms with E-state index in [1.54, 1.807) is 0 Å². The Bertz CT molecular complexity index is 478. The van der Waals surface area contributed by atoms with Crippen LogP contribution >= 0.6 is 15.9 Å². The Morgan fingerprint density at radius 3 is 2.62 bits per heavy atom. The zero-order valence-electron chi connectivity index (χ0n) is 13.0. The summed E-state index contributed by atoms with van der Waals surface area (Å²) in [5.74, 6) is 0.150. The second-order valence-electron chi connectivity index (χ2n) is 5.90. The van der Waals surface area contributed by atoms with Gasteiger partial charge in [0.25, 0.3) is 5.91 Å². The summed E-state index contributed by atoms with van der Waals surface area (Å²) in [4.78, 5) is 14.9. The molecule has 1 aromatic heterocycles. The smallest absolute Gasteiger partial charge is 0.270 e. The summed E-state index contributed by atoms with van der Waals surface area (Å²) in [5, 5.41) is 0. The number of aryl methyl sites for hydroxylation is 1. The number of nitrogens with zero attached hydrogens (tertiary/aromatic N) is 2. The van der Waals surface area contributed by atoms with Crippen molar-refractivity contribution < 1.29 is 4.79 Å². The van der Waals surface area contributed by atoms with Gasteiger partial charge in [0.1, 0.15) is 5.69 Å². The highest BCUT2D eigenvalue weighted by atomic mass is 79.9. The van der Waals surface area contributed by atoms with E-state index in [9.17, 15) is 4.79 Å². The molecule has 1 heterocycles. The molecular weight excluding hydrogens is 330 g/mol. The van der Waals surface area contributed by atoms with E-state index in [0.717, 1.165) is 55.4 Å². The molecule has 0 aliphatic heterocycles. The lowest BCUT2D eigenvalue weighted by atomic mass is 9.90. The van der Waals surface area contributed by atoms with Crippen LogP contribution < -0.4 is 5.73 Å². The Labute approximate surface area is 135 Å². The van der Waals surface area contributed by atoms with E-state index in [4.69, 9.17) is 5.73 Å². The quantitative estimate of drug-likeness (QED) is 0.879. The molecule has 1 fully saturated rings. The van der Waals surface area contributed by atoms with Crippen LogP contribution in [0.1, 0.15) is 56.4 Å². The third-order valence-corrected chi connectivity index (χ3v) is 4.76. The molecule has 118 valence electrons. The highest BCUT2D eigenvalue weighted by Crippen LogP contribution is 2.25. The molecule has 0 saturated heterocycles. The Kier molecular flexibility index (Phi) is 5.88. The Hall–Kier alpha value is -0.810. The molecule has 0 bridgehead atoms. The van der Waals surface area contributed by atoms with Crippen molar-refractivity contribution in [3.63, 3.8) is 0 Å². The first-order valence-corrected chi connectivity index (χ1v) is 8.78. The van der Waals surface area contributed by atoms with Crippen molar-refractivity contribution in [3.05, 3.63) is 22.4 Å². The van der Waals surface area contributed by atoms with Crippen LogP contribution in [-0.2, 0) is 6.54 Å². The predicted octanol–water partition coefficient (Wildman–Crippen LogP) is 3.39. The summed E-state index contributed by atoms with van der Waals surface area (Å²) in [6.45, 7) is 5.82. The van der Waals surface area contributed by atoms with Crippen molar-refractivity contribution in [2.75, 3.05) is 6.54 Å². The average molecular weight is 356 g/mol. The van der Waals surface area contributed by atoms with Crippen molar-refractivity contribution in [2.45, 2.75) is 64.6 Å². The summed E-state index contributed by atoms with van der Waals surface area (Å²) in [5.41, 5.74) is 6.77. The van der Waals surface area contributed by atoms with E-state index in [2.05, 4.69) is 34.3 Å². The third kappa shape index (κ3) is 3.89. The topological polar surface area (TPSA) is 51.3 Å². The lowest BCUT2D eigenvalue weighted by Gasteiger charge is -2.35. The summed E-state index contributed by atoms with van der Waals surface area (Å²) in [6, 6.07) is 2.59. The fraction of sp³-hybridized carbons (Fsp3) is 0.688. The Morgan fingerprint density at radius 2 is 2.05 bits per heavy atom. The summed E-state index contributed by atoms with van der Waals surface area (Å²) < 4.78 is 3.03. The highest BCUT2D eigenvalue weighted by Gasteiger charge is 2.28. The number of aromatic nitrogens is 1. The minimum Gasteiger partial charge on any atom is -0.342 e. The van der Waals surface area contributed by atoms with Gasteiger partial charge in [-0.05, 0) is 61.0 Å². The van der Waals surface area contributed by atoms with Gasteiger partial charge < -0.3 is 15.2 Å². The molecule has 2 N–H and O–H groups in total. The number of rotatable bonds is 5. The van der Waals surface area contributed by atoms with Crippen molar-refractivity contribution in [2.24, 2.45) is 5.73 Å². The van der Waals surface area contributed by atoms with Crippen molar-refractivity contribution in [1.82, 2.24) is 9.47 Å². The molecule has 1 aliphatic rings. The van der Waals surface area contributed by atoms with Gasteiger partial charge in [-0.25, -0.2) is 0 Å². The maximum Gasteiger partial charge on any atom is 0.270 e. The number of hydrogen-bond acceptors (Lipinski definition) is 2. The molecule has 1 aromatic rings. The lowest BCUT2D eigenvalue weighted by molar-refractivity contribution is 0.0629. The van der Waals surface area contributed by atoms with Gasteiger partial charge >= 0.3 is 0 Å². The molecule has 0 aromatic carbocycles. The summed E-state index contributed by atoms with van der Waals surface area (Å²) in [7, 11) is 0. The first kappa shape index (κ1) is 16.6. The van der Waals surface area contributed by atoms with Crippen LogP contribution in [0.25, 0.3) is 0 Å². The molecule has 0 radical (unpaired) electrons. The van der Waals surface area contributed by atoms with E-state index < -0.39 is 0 Å². The lowest BCUT2D eigenvalue weighted by Crippen LogP contribution is -2.44. The minimum atomic E-state index is 0.150. The highest BCUT2D eigenvalue weighted by molar-refractivity contribution is 9.10. The van der Waals surface area contributed by atoms with E-state index in [-0.39, 0.29) is 5.91 Å². The number of carbonyl (C=O) groups is 1. The molecule has 1 amide bonds. The fourth-order valence-corrected chi connectivity index (χ4v) is 3.67. The molecule has 2 rings (SSSR count). The van der Waals surface area contributed by atoms with E-state index in [0.29, 0.717) is 12.1 Å². The van der Waals surface area contributed by atoms with Gasteiger partial charge in [-0.1, -0.05) is 6.92 Å². The van der Waals surface area contributed by atoms with Gasteiger partial charge in [0.2, 0.25) is 0 Å². The van der Waals surface area contributed by atoms with Crippen molar-refractivity contribution in [1.29, 1.82) is 0 Å². The number of hydrogen-bond donors (Lipinski definition) is 1. The standard InChI is InChI=1S/C16H26BrN3O/c1-3-9-19-11-12(17)10-15(19)16(21)20(4-2)14-7-5-13(18)6-8-14/h10-11,13-14H,3-9,18H2,1-2H3. The van der Waals surface area contributed by atoms with Gasteiger partial charge in [0, 0.05) is 35.8 Å². The Morgan fingerprint density at radius 1 is 1.38 bits per heavy atom. The number of carbonyl (C=O) groups excluding carboxylic acids is 1. The normalized spacial score (nSPS) is 22.3. The number of halogens is 1. The molecule has 0 unspecified atom stereocenters. The van der Waals surface area contributed by atoms with Crippen LogP contribution in [0, 0.1) is 0 Å². The molecule has 1 aliphatic carbocycles. The van der Waals surface area contributed by atoms with Gasteiger partial charge in [0.15, 0.2) is 0 Å². The van der Waals surface area contributed by atoms with Crippen LogP contribution in [0.3, 0.4) is 0 Å². The summed E-state index contributed by atoms with van der Waals surface area (Å²) >= 11 is 3.49. The number of nitrogens with two attached hydrogens (primary N) is 1. The van der Waals surface area contributed by atoms with Crippen LogP contribution in [0.5, 0.6) is 0 Å².